The number of rotatable bonds is 5. The normalized spacial score (nSPS) is 11.4. The Morgan fingerprint density at radius 2 is 1.49 bits per heavy atom. The summed E-state index contributed by atoms with van der Waals surface area (Å²) in [6, 6.07) is 21.0. The van der Waals surface area contributed by atoms with Crippen LogP contribution in [-0.4, -0.2) is 41.3 Å². The first-order chi connectivity index (χ1) is 18.2. The van der Waals surface area contributed by atoms with Gasteiger partial charge in [-0.1, -0.05) is 12.1 Å². The Kier molecular flexibility index (Phi) is 4.68. The monoisotopic (exact) mass is 485 g/mol. The molecule has 37 heavy (non-hydrogen) atoms. The van der Waals surface area contributed by atoms with Crippen molar-refractivity contribution in [1.82, 2.24) is 35.3 Å². The number of fused-ring (bicyclic) bond motifs is 3. The number of aromatic nitrogens is 7. The molecule has 178 valence electrons. The van der Waals surface area contributed by atoms with E-state index in [9.17, 15) is 4.79 Å². The molecule has 0 radical (unpaired) electrons. The van der Waals surface area contributed by atoms with Crippen molar-refractivity contribution in [2.24, 2.45) is 0 Å². The zero-order chi connectivity index (χ0) is 24.8. The fourth-order valence-electron chi connectivity index (χ4n) is 4.34. The van der Waals surface area contributed by atoms with Crippen molar-refractivity contribution < 1.29 is 4.79 Å². The maximum absolute atomic E-state index is 12.9. The molecule has 0 unspecified atom stereocenters. The first kappa shape index (κ1) is 20.8. The second-order valence-electron chi connectivity index (χ2n) is 8.67. The number of amides is 1. The fourth-order valence-corrected chi connectivity index (χ4v) is 4.34. The fraction of sp³-hybridized carbons (Fsp3) is 0. The van der Waals surface area contributed by atoms with E-state index in [4.69, 9.17) is 0 Å². The Balaban J connectivity index is 1.13. The van der Waals surface area contributed by atoms with E-state index in [0.29, 0.717) is 23.0 Å². The number of carbonyl (C=O) groups excluding carboxylic acids is 1. The molecule has 0 aliphatic heterocycles. The molecule has 0 atom stereocenters. The van der Waals surface area contributed by atoms with E-state index in [1.165, 1.54) is 0 Å². The summed E-state index contributed by atoms with van der Waals surface area (Å²) in [7, 11) is 0. The summed E-state index contributed by atoms with van der Waals surface area (Å²) in [5.41, 5.74) is 5.60. The van der Waals surface area contributed by atoms with Gasteiger partial charge in [-0.3, -0.25) is 15.0 Å². The minimum Gasteiger partial charge on any atom is -0.350 e. The summed E-state index contributed by atoms with van der Waals surface area (Å²) in [5, 5.41) is 23.0. The lowest BCUT2D eigenvalue weighted by Crippen LogP contribution is -2.12. The summed E-state index contributed by atoms with van der Waals surface area (Å²) in [4.78, 5) is 25.2. The Labute approximate surface area is 209 Å². The van der Waals surface area contributed by atoms with Gasteiger partial charge < -0.3 is 15.6 Å². The second-order valence-corrected chi connectivity index (χ2v) is 8.67. The van der Waals surface area contributed by atoms with Gasteiger partial charge in [-0.25, -0.2) is 9.97 Å². The predicted molar refractivity (Wildman–Crippen MR) is 143 cm³/mol. The smallest absolute Gasteiger partial charge is 0.272 e. The molecule has 0 spiro atoms. The number of hydrogen-bond acceptors (Lipinski definition) is 6. The lowest BCUT2D eigenvalue weighted by Gasteiger charge is -2.07. The van der Waals surface area contributed by atoms with Gasteiger partial charge in [0.05, 0.1) is 23.4 Å². The van der Waals surface area contributed by atoms with Crippen LogP contribution in [0.15, 0.2) is 85.3 Å². The number of carbonyl (C=O) groups is 1. The molecule has 4 aromatic heterocycles. The lowest BCUT2D eigenvalue weighted by atomic mass is 10.1. The Morgan fingerprint density at radius 3 is 2.30 bits per heavy atom. The summed E-state index contributed by atoms with van der Waals surface area (Å²) in [6.45, 7) is 0. The number of nitrogens with one attached hydrogen (secondary N) is 5. The van der Waals surface area contributed by atoms with Gasteiger partial charge in [-0.15, -0.1) is 0 Å². The van der Waals surface area contributed by atoms with E-state index in [2.05, 4.69) is 46.0 Å². The zero-order valence-electron chi connectivity index (χ0n) is 19.3. The van der Waals surface area contributed by atoms with E-state index in [0.717, 1.165) is 44.0 Å². The highest BCUT2D eigenvalue weighted by Gasteiger charge is 2.12. The van der Waals surface area contributed by atoms with E-state index in [1.54, 1.807) is 18.6 Å². The van der Waals surface area contributed by atoms with Crippen molar-refractivity contribution in [2.45, 2.75) is 0 Å². The van der Waals surface area contributed by atoms with Gasteiger partial charge in [0.2, 0.25) is 0 Å². The molecule has 7 rings (SSSR count). The second kappa shape index (κ2) is 8.31. The van der Waals surface area contributed by atoms with E-state index in [1.807, 2.05) is 66.7 Å². The third kappa shape index (κ3) is 3.92. The maximum atomic E-state index is 12.9. The number of nitrogens with zero attached hydrogens (tertiary/aromatic N) is 4. The van der Waals surface area contributed by atoms with Crippen LogP contribution in [0.2, 0.25) is 0 Å². The lowest BCUT2D eigenvalue weighted by molar-refractivity contribution is 0.102. The van der Waals surface area contributed by atoms with Crippen LogP contribution in [0.5, 0.6) is 0 Å². The highest BCUT2D eigenvalue weighted by molar-refractivity contribution is 6.06. The topological polar surface area (TPSA) is 140 Å². The number of aromatic amines is 3. The first-order valence-corrected chi connectivity index (χ1v) is 11.6. The van der Waals surface area contributed by atoms with Crippen LogP contribution < -0.4 is 10.6 Å². The van der Waals surface area contributed by atoms with Gasteiger partial charge in [-0.05, 0) is 54.6 Å². The Bertz CT molecular complexity index is 1930. The predicted octanol–water partition coefficient (Wildman–Crippen LogP) is 5.37. The molecule has 1 amide bonds. The molecule has 3 aromatic carbocycles. The van der Waals surface area contributed by atoms with Gasteiger partial charge >= 0.3 is 0 Å². The van der Waals surface area contributed by atoms with E-state index < -0.39 is 0 Å². The SMILES string of the molecule is O=C(Nc1ccc2[nH]ncc2c1)c1cc2ccc(-c3nccc(Nc4ccc5[nH]ncc5c4)n3)cc2[nH]1. The summed E-state index contributed by atoms with van der Waals surface area (Å²) in [6.07, 6.45) is 5.22. The third-order valence-electron chi connectivity index (χ3n) is 6.19. The van der Waals surface area contributed by atoms with E-state index in [-0.39, 0.29) is 5.91 Å². The minimum absolute atomic E-state index is 0.224. The van der Waals surface area contributed by atoms with Crippen molar-refractivity contribution in [2.75, 3.05) is 10.6 Å². The van der Waals surface area contributed by atoms with Gasteiger partial charge in [0.25, 0.3) is 5.91 Å². The van der Waals surface area contributed by atoms with Crippen LogP contribution in [0.4, 0.5) is 17.2 Å². The number of hydrogen-bond donors (Lipinski definition) is 5. The molecule has 10 heteroatoms. The van der Waals surface area contributed by atoms with Crippen LogP contribution in [0.3, 0.4) is 0 Å². The highest BCUT2D eigenvalue weighted by atomic mass is 16.1. The molecule has 10 nitrogen and oxygen atoms in total. The molecule has 5 N–H and O–H groups in total. The molecule has 0 aliphatic rings. The maximum Gasteiger partial charge on any atom is 0.272 e. The van der Waals surface area contributed by atoms with Crippen LogP contribution in [0, 0.1) is 0 Å². The molecule has 0 bridgehead atoms. The number of H-pyrrole nitrogens is 3. The van der Waals surface area contributed by atoms with Crippen LogP contribution in [0.25, 0.3) is 44.1 Å². The van der Waals surface area contributed by atoms with Crippen molar-refractivity contribution in [3.63, 3.8) is 0 Å². The first-order valence-electron chi connectivity index (χ1n) is 11.6. The van der Waals surface area contributed by atoms with Gasteiger partial charge in [0.15, 0.2) is 5.82 Å². The van der Waals surface area contributed by atoms with Crippen LogP contribution >= 0.6 is 0 Å². The molecule has 0 aliphatic carbocycles. The Morgan fingerprint density at radius 1 is 0.730 bits per heavy atom. The molecule has 0 saturated heterocycles. The number of benzene rings is 3. The number of anilines is 3. The molecule has 0 saturated carbocycles. The average Bonchev–Trinajstić information content (AvgIpc) is 3.67. The highest BCUT2D eigenvalue weighted by Crippen LogP contribution is 2.26. The van der Waals surface area contributed by atoms with Crippen LogP contribution in [-0.2, 0) is 0 Å². The summed E-state index contributed by atoms with van der Waals surface area (Å²) in [5.74, 6) is 1.03. The molecular weight excluding hydrogens is 466 g/mol. The van der Waals surface area contributed by atoms with Crippen molar-refractivity contribution in [3.05, 3.63) is 91.0 Å². The molecule has 7 aromatic rings. The van der Waals surface area contributed by atoms with Crippen molar-refractivity contribution >= 4 is 55.8 Å². The standard InChI is InChI=1S/C27H19N9O/c37-27(32-20-4-6-22-18(10-20)14-30-36-22)24-11-15-1-2-16(12-23(15)33-24)26-28-8-7-25(34-26)31-19-3-5-21-17(9-19)13-29-35-21/h1-14,33H,(H,29,35)(H,30,36)(H,32,37)(H,28,31,34). The summed E-state index contributed by atoms with van der Waals surface area (Å²) >= 11 is 0. The molecule has 0 fully saturated rings. The van der Waals surface area contributed by atoms with Gasteiger partial charge in [-0.2, -0.15) is 10.2 Å². The van der Waals surface area contributed by atoms with Crippen molar-refractivity contribution in [3.8, 4) is 11.4 Å². The van der Waals surface area contributed by atoms with E-state index >= 15 is 0 Å². The largest absolute Gasteiger partial charge is 0.350 e. The average molecular weight is 486 g/mol. The summed E-state index contributed by atoms with van der Waals surface area (Å²) < 4.78 is 0. The molecule has 4 heterocycles. The molecular formula is C27H19N9O. The van der Waals surface area contributed by atoms with Crippen molar-refractivity contribution in [1.29, 1.82) is 0 Å². The Hall–Kier alpha value is -5.51. The minimum atomic E-state index is -0.224. The quantitative estimate of drug-likeness (QED) is 0.222. The van der Waals surface area contributed by atoms with Crippen LogP contribution in [0.1, 0.15) is 10.5 Å². The van der Waals surface area contributed by atoms with Gasteiger partial charge in [0, 0.05) is 44.8 Å². The zero-order valence-corrected chi connectivity index (χ0v) is 19.3. The third-order valence-corrected chi connectivity index (χ3v) is 6.19. The van der Waals surface area contributed by atoms with Gasteiger partial charge in [0.1, 0.15) is 11.5 Å².